The zero-order valence-corrected chi connectivity index (χ0v) is 22.6. The van der Waals surface area contributed by atoms with Gasteiger partial charge in [-0.25, -0.2) is 24.1 Å². The SMILES string of the molecule is CC(C)c1cnc2c(NC3CCN(C(=O)O[C@H]4CCN(C(=O)OC(C)(C)C)C4)CC3)nc(C3CC3)nn12. The van der Waals surface area contributed by atoms with E-state index in [1.54, 1.807) is 9.80 Å². The van der Waals surface area contributed by atoms with E-state index in [1.807, 2.05) is 31.5 Å². The topological polar surface area (TPSA) is 114 Å². The van der Waals surface area contributed by atoms with Crippen molar-refractivity contribution < 1.29 is 19.1 Å². The highest BCUT2D eigenvalue weighted by Crippen LogP contribution is 2.39. The summed E-state index contributed by atoms with van der Waals surface area (Å²) in [6, 6.07) is 0.183. The molecule has 5 rings (SSSR count). The molecule has 0 aromatic carbocycles. The quantitative estimate of drug-likeness (QED) is 0.634. The van der Waals surface area contributed by atoms with Gasteiger partial charge in [0.1, 0.15) is 11.7 Å². The van der Waals surface area contributed by atoms with E-state index >= 15 is 0 Å². The number of hydrogen-bond acceptors (Lipinski definition) is 8. The smallest absolute Gasteiger partial charge is 0.410 e. The third-order valence-electron chi connectivity index (χ3n) is 7.10. The van der Waals surface area contributed by atoms with Gasteiger partial charge in [-0.15, -0.1) is 0 Å². The number of nitrogens with one attached hydrogen (secondary N) is 1. The molecule has 3 fully saturated rings. The fraction of sp³-hybridized carbons (Fsp3) is 0.731. The molecule has 2 aromatic rings. The Morgan fingerprint density at radius 2 is 1.73 bits per heavy atom. The van der Waals surface area contributed by atoms with E-state index in [0.29, 0.717) is 44.4 Å². The minimum Gasteiger partial charge on any atom is -0.444 e. The van der Waals surface area contributed by atoms with Gasteiger partial charge in [-0.05, 0) is 52.4 Å². The second-order valence-electron chi connectivity index (χ2n) is 11.8. The molecule has 11 nitrogen and oxygen atoms in total. The van der Waals surface area contributed by atoms with Crippen LogP contribution in [-0.2, 0) is 9.47 Å². The summed E-state index contributed by atoms with van der Waals surface area (Å²) >= 11 is 0. The number of aromatic nitrogens is 4. The Morgan fingerprint density at radius 1 is 1.03 bits per heavy atom. The van der Waals surface area contributed by atoms with Crippen molar-refractivity contribution in [2.45, 2.75) is 96.3 Å². The lowest BCUT2D eigenvalue weighted by Gasteiger charge is -2.32. The van der Waals surface area contributed by atoms with Gasteiger partial charge in [0.05, 0.1) is 18.4 Å². The largest absolute Gasteiger partial charge is 0.444 e. The van der Waals surface area contributed by atoms with Crippen molar-refractivity contribution in [3.63, 3.8) is 0 Å². The van der Waals surface area contributed by atoms with E-state index in [1.165, 1.54) is 0 Å². The lowest BCUT2D eigenvalue weighted by atomic mass is 10.1. The van der Waals surface area contributed by atoms with Crippen molar-refractivity contribution in [3.05, 3.63) is 17.7 Å². The average Bonchev–Trinajstić information content (AvgIpc) is 3.41. The summed E-state index contributed by atoms with van der Waals surface area (Å²) in [5, 5.41) is 8.39. The van der Waals surface area contributed by atoms with E-state index in [2.05, 4.69) is 24.1 Å². The lowest BCUT2D eigenvalue weighted by Crippen LogP contribution is -2.44. The maximum absolute atomic E-state index is 12.8. The first-order chi connectivity index (χ1) is 17.6. The second kappa shape index (κ2) is 9.98. The third kappa shape index (κ3) is 5.91. The monoisotopic (exact) mass is 513 g/mol. The summed E-state index contributed by atoms with van der Waals surface area (Å²) in [4.78, 5) is 37.9. The summed E-state index contributed by atoms with van der Waals surface area (Å²) in [5.41, 5.74) is 1.29. The summed E-state index contributed by atoms with van der Waals surface area (Å²) in [6.45, 7) is 11.9. The fourth-order valence-electron chi connectivity index (χ4n) is 4.85. The van der Waals surface area contributed by atoms with Gasteiger partial charge < -0.3 is 24.6 Å². The Bertz CT molecular complexity index is 1150. The molecule has 2 aliphatic heterocycles. The number of piperidine rings is 1. The number of nitrogens with zero attached hydrogens (tertiary/aromatic N) is 6. The van der Waals surface area contributed by atoms with Crippen LogP contribution in [0.1, 0.15) is 90.1 Å². The molecule has 2 amide bonds. The number of rotatable bonds is 5. The van der Waals surface area contributed by atoms with Crippen LogP contribution in [0, 0.1) is 0 Å². The molecule has 1 atom stereocenters. The van der Waals surface area contributed by atoms with E-state index in [4.69, 9.17) is 19.6 Å². The molecular formula is C26H39N7O4. The first kappa shape index (κ1) is 25.5. The van der Waals surface area contributed by atoms with Crippen molar-refractivity contribution in [2.75, 3.05) is 31.5 Å². The molecule has 0 unspecified atom stereocenters. The van der Waals surface area contributed by atoms with Crippen molar-refractivity contribution in [3.8, 4) is 0 Å². The van der Waals surface area contributed by atoms with Gasteiger partial charge in [0, 0.05) is 38.0 Å². The Hall–Kier alpha value is -3.11. The van der Waals surface area contributed by atoms with Crippen LogP contribution in [0.15, 0.2) is 6.20 Å². The molecular weight excluding hydrogens is 474 g/mol. The zero-order chi connectivity index (χ0) is 26.3. The first-order valence-corrected chi connectivity index (χ1v) is 13.5. The van der Waals surface area contributed by atoms with Crippen LogP contribution in [0.3, 0.4) is 0 Å². The molecule has 11 heteroatoms. The molecule has 202 valence electrons. The molecule has 0 radical (unpaired) electrons. The van der Waals surface area contributed by atoms with Crippen LogP contribution in [-0.4, -0.2) is 85.5 Å². The van der Waals surface area contributed by atoms with Crippen LogP contribution in [0.25, 0.3) is 5.65 Å². The second-order valence-corrected chi connectivity index (χ2v) is 11.8. The fourth-order valence-corrected chi connectivity index (χ4v) is 4.85. The van der Waals surface area contributed by atoms with Gasteiger partial charge in [-0.3, -0.25) is 0 Å². The molecule has 37 heavy (non-hydrogen) atoms. The maximum Gasteiger partial charge on any atom is 0.410 e. The number of likely N-dealkylation sites (tertiary alicyclic amines) is 2. The van der Waals surface area contributed by atoms with Crippen LogP contribution < -0.4 is 5.32 Å². The molecule has 3 aliphatic rings. The number of anilines is 1. The lowest BCUT2D eigenvalue weighted by molar-refractivity contribution is 0.0235. The minimum atomic E-state index is -0.546. The van der Waals surface area contributed by atoms with Gasteiger partial charge in [-0.2, -0.15) is 5.10 Å². The number of hydrogen-bond donors (Lipinski definition) is 1. The number of fused-ring (bicyclic) bond motifs is 1. The van der Waals surface area contributed by atoms with Crippen molar-refractivity contribution in [2.24, 2.45) is 0 Å². The van der Waals surface area contributed by atoms with Gasteiger partial charge >= 0.3 is 12.2 Å². The molecule has 2 aromatic heterocycles. The van der Waals surface area contributed by atoms with E-state index < -0.39 is 5.60 Å². The van der Waals surface area contributed by atoms with E-state index in [0.717, 1.165) is 48.7 Å². The molecule has 1 N–H and O–H groups in total. The summed E-state index contributed by atoms with van der Waals surface area (Å²) in [7, 11) is 0. The zero-order valence-electron chi connectivity index (χ0n) is 22.6. The predicted octanol–water partition coefficient (Wildman–Crippen LogP) is 4.15. The average molecular weight is 514 g/mol. The molecule has 0 bridgehead atoms. The number of imidazole rings is 1. The normalized spacial score (nSPS) is 21.1. The minimum absolute atomic E-state index is 0.183. The third-order valence-corrected chi connectivity index (χ3v) is 7.10. The number of carbonyl (C=O) groups is 2. The molecule has 0 spiro atoms. The van der Waals surface area contributed by atoms with Gasteiger partial charge in [0.25, 0.3) is 0 Å². The Morgan fingerprint density at radius 3 is 2.38 bits per heavy atom. The van der Waals surface area contributed by atoms with Crippen LogP contribution in [0.4, 0.5) is 15.4 Å². The summed E-state index contributed by atoms with van der Waals surface area (Å²) in [5.74, 6) is 2.41. The number of carbonyl (C=O) groups excluding carboxylic acids is 2. The Kier molecular flexibility index (Phi) is 6.89. The Balaban J connectivity index is 1.15. The first-order valence-electron chi connectivity index (χ1n) is 13.5. The molecule has 4 heterocycles. The maximum atomic E-state index is 12.8. The Labute approximate surface area is 217 Å². The van der Waals surface area contributed by atoms with Crippen molar-refractivity contribution >= 4 is 23.7 Å². The van der Waals surface area contributed by atoms with Gasteiger partial charge in [-0.1, -0.05) is 13.8 Å². The van der Waals surface area contributed by atoms with Gasteiger partial charge in [0.2, 0.25) is 0 Å². The molecule has 1 saturated carbocycles. The van der Waals surface area contributed by atoms with Crippen LogP contribution in [0.5, 0.6) is 0 Å². The summed E-state index contributed by atoms with van der Waals surface area (Å²) < 4.78 is 13.1. The van der Waals surface area contributed by atoms with Crippen LogP contribution >= 0.6 is 0 Å². The highest BCUT2D eigenvalue weighted by Gasteiger charge is 2.34. The van der Waals surface area contributed by atoms with Crippen molar-refractivity contribution in [1.29, 1.82) is 0 Å². The predicted molar refractivity (Wildman–Crippen MR) is 138 cm³/mol. The van der Waals surface area contributed by atoms with E-state index in [-0.39, 0.29) is 24.3 Å². The highest BCUT2D eigenvalue weighted by molar-refractivity contribution is 5.70. The van der Waals surface area contributed by atoms with Gasteiger partial charge in [0.15, 0.2) is 17.3 Å². The van der Waals surface area contributed by atoms with Crippen LogP contribution in [0.2, 0.25) is 0 Å². The standard InChI is InChI=1S/C26H39N7O4/c1-16(2)20-14-27-23-22(29-21(17-6-7-17)30-33(20)23)28-18-8-11-31(12-9-18)24(34)36-19-10-13-32(15-19)25(35)37-26(3,4)5/h14,16-19H,6-13,15H2,1-5H3,(H,28,29,30)/t19-/m0/s1. The highest BCUT2D eigenvalue weighted by atomic mass is 16.6. The van der Waals surface area contributed by atoms with Crippen molar-refractivity contribution in [1.82, 2.24) is 29.4 Å². The number of amides is 2. The molecule has 2 saturated heterocycles. The molecule has 1 aliphatic carbocycles. The van der Waals surface area contributed by atoms with E-state index in [9.17, 15) is 9.59 Å². The number of ether oxygens (including phenoxy) is 2. The summed E-state index contributed by atoms with van der Waals surface area (Å²) in [6.07, 6.45) is 5.38.